The molecule has 1 aromatic heterocycles. The highest BCUT2D eigenvalue weighted by Gasteiger charge is 2.15. The van der Waals surface area contributed by atoms with Crippen molar-refractivity contribution in [3.63, 3.8) is 0 Å². The summed E-state index contributed by atoms with van der Waals surface area (Å²) in [5.74, 6) is -2.63. The molecule has 0 atom stereocenters. The minimum absolute atomic E-state index is 0.0999. The summed E-state index contributed by atoms with van der Waals surface area (Å²) in [5, 5.41) is 9.85. The van der Waals surface area contributed by atoms with Gasteiger partial charge in [-0.3, -0.25) is 4.79 Å². The van der Waals surface area contributed by atoms with Crippen LogP contribution in [0.15, 0.2) is 52.9 Å². The van der Waals surface area contributed by atoms with Crippen molar-refractivity contribution < 1.29 is 18.0 Å². The lowest BCUT2D eigenvalue weighted by Gasteiger charge is -2.02. The first-order valence-corrected chi connectivity index (χ1v) is 7.24. The van der Waals surface area contributed by atoms with Gasteiger partial charge in [-0.25, -0.2) is 8.78 Å². The van der Waals surface area contributed by atoms with E-state index in [1.54, 1.807) is 0 Å². The molecule has 0 saturated carbocycles. The lowest BCUT2D eigenvalue weighted by atomic mass is 10.1. The molecule has 1 heterocycles. The van der Waals surface area contributed by atoms with Gasteiger partial charge in [0.15, 0.2) is 11.6 Å². The molecule has 2 aromatic carbocycles. The number of nitrogens with one attached hydrogen (secondary N) is 1. The molecule has 0 bridgehead atoms. The zero-order chi connectivity index (χ0) is 16.9. The number of carbonyl (C=O) groups excluding carboxylic acids is 1. The average Bonchev–Trinajstić information content (AvgIpc) is 3.06. The molecule has 3 aromatic rings. The lowest BCUT2D eigenvalue weighted by molar-refractivity contribution is 0.0988. The Morgan fingerprint density at radius 1 is 1.00 bits per heavy atom. The van der Waals surface area contributed by atoms with E-state index in [4.69, 9.17) is 4.42 Å². The number of benzene rings is 2. The Balaban J connectivity index is 1.62. The van der Waals surface area contributed by atoms with Crippen LogP contribution >= 0.6 is 0 Å². The molecule has 24 heavy (non-hydrogen) atoms. The lowest BCUT2D eigenvalue weighted by Crippen LogP contribution is -2.12. The van der Waals surface area contributed by atoms with Crippen molar-refractivity contribution in [1.29, 1.82) is 0 Å². The van der Waals surface area contributed by atoms with Gasteiger partial charge in [-0.2, -0.15) is 0 Å². The fourth-order valence-electron chi connectivity index (χ4n) is 2.10. The molecule has 0 aliphatic carbocycles. The summed E-state index contributed by atoms with van der Waals surface area (Å²) in [6.07, 6.45) is 1.20. The van der Waals surface area contributed by atoms with Gasteiger partial charge in [0.25, 0.3) is 0 Å². The van der Waals surface area contributed by atoms with Crippen molar-refractivity contribution >= 4 is 11.6 Å². The second kappa shape index (κ2) is 6.99. The standard InChI is InChI=1S/C17H13F2N3O2/c18-13-8-7-12(10-14(13)19)20-16(23)17-22-21-15(24-17)9-6-11-4-2-1-3-5-11/h1-5,7-8,10H,6,9H2,(H,20,23). The largest absolute Gasteiger partial charge is 0.417 e. The molecule has 0 saturated heterocycles. The maximum absolute atomic E-state index is 13.1. The highest BCUT2D eigenvalue weighted by Crippen LogP contribution is 2.14. The molecule has 0 spiro atoms. The average molecular weight is 329 g/mol. The molecule has 7 heteroatoms. The second-order valence-corrected chi connectivity index (χ2v) is 5.07. The van der Waals surface area contributed by atoms with E-state index in [2.05, 4.69) is 15.5 Å². The molecule has 0 radical (unpaired) electrons. The van der Waals surface area contributed by atoms with Gasteiger partial charge in [0.2, 0.25) is 5.89 Å². The third-order valence-corrected chi connectivity index (χ3v) is 3.31. The maximum atomic E-state index is 13.1. The number of rotatable bonds is 5. The molecule has 1 N–H and O–H groups in total. The summed E-state index contributed by atoms with van der Waals surface area (Å²) in [7, 11) is 0. The molecule has 0 unspecified atom stereocenters. The number of nitrogens with zero attached hydrogens (tertiary/aromatic N) is 2. The van der Waals surface area contributed by atoms with Crippen LogP contribution in [-0.4, -0.2) is 16.1 Å². The summed E-state index contributed by atoms with van der Waals surface area (Å²) in [6, 6.07) is 12.8. The minimum Gasteiger partial charge on any atom is -0.417 e. The molecule has 5 nitrogen and oxygen atoms in total. The quantitative estimate of drug-likeness (QED) is 0.779. The Morgan fingerprint density at radius 3 is 2.54 bits per heavy atom. The molecule has 3 rings (SSSR count). The van der Waals surface area contributed by atoms with Gasteiger partial charge in [0.1, 0.15) is 0 Å². The van der Waals surface area contributed by atoms with Crippen LogP contribution in [-0.2, 0) is 12.8 Å². The number of aromatic nitrogens is 2. The van der Waals surface area contributed by atoms with E-state index in [1.165, 1.54) is 6.07 Å². The van der Waals surface area contributed by atoms with Crippen molar-refractivity contribution in [2.45, 2.75) is 12.8 Å². The fourth-order valence-corrected chi connectivity index (χ4v) is 2.10. The van der Waals surface area contributed by atoms with Crippen LogP contribution in [0, 0.1) is 11.6 Å². The van der Waals surface area contributed by atoms with E-state index >= 15 is 0 Å². The van der Waals surface area contributed by atoms with E-state index in [0.717, 1.165) is 17.7 Å². The van der Waals surface area contributed by atoms with Crippen molar-refractivity contribution in [3.05, 3.63) is 77.5 Å². The normalized spacial score (nSPS) is 10.6. The summed E-state index contributed by atoms with van der Waals surface area (Å²) in [4.78, 5) is 12.0. The number of aryl methyl sites for hydroxylation is 2. The van der Waals surface area contributed by atoms with Gasteiger partial charge in [-0.15, -0.1) is 10.2 Å². The topological polar surface area (TPSA) is 68.0 Å². The Kier molecular flexibility index (Phi) is 4.60. The molecule has 0 aliphatic heterocycles. The monoisotopic (exact) mass is 329 g/mol. The minimum atomic E-state index is -1.05. The Morgan fingerprint density at radius 2 is 1.79 bits per heavy atom. The first-order valence-electron chi connectivity index (χ1n) is 7.24. The zero-order valence-electron chi connectivity index (χ0n) is 12.5. The highest BCUT2D eigenvalue weighted by molar-refractivity contribution is 6.00. The number of hydrogen-bond donors (Lipinski definition) is 1. The number of anilines is 1. The molecular weight excluding hydrogens is 316 g/mol. The third-order valence-electron chi connectivity index (χ3n) is 3.31. The summed E-state index contributed by atoms with van der Waals surface area (Å²) >= 11 is 0. The van der Waals surface area contributed by atoms with Gasteiger partial charge in [-0.05, 0) is 24.1 Å². The Labute approximate surface area is 136 Å². The van der Waals surface area contributed by atoms with Gasteiger partial charge >= 0.3 is 11.8 Å². The molecule has 1 amide bonds. The fraction of sp³-hybridized carbons (Fsp3) is 0.118. The number of hydrogen-bond acceptors (Lipinski definition) is 4. The van der Waals surface area contributed by atoms with Crippen molar-refractivity contribution in [2.24, 2.45) is 0 Å². The van der Waals surface area contributed by atoms with Crippen molar-refractivity contribution in [1.82, 2.24) is 10.2 Å². The van der Waals surface area contributed by atoms with E-state index in [0.29, 0.717) is 18.7 Å². The smallest absolute Gasteiger partial charge is 0.313 e. The van der Waals surface area contributed by atoms with E-state index in [1.807, 2.05) is 30.3 Å². The summed E-state index contributed by atoms with van der Waals surface area (Å²) < 4.78 is 31.3. The highest BCUT2D eigenvalue weighted by atomic mass is 19.2. The second-order valence-electron chi connectivity index (χ2n) is 5.07. The number of carbonyl (C=O) groups is 1. The first-order chi connectivity index (χ1) is 11.6. The van der Waals surface area contributed by atoms with Crippen LogP contribution in [0.3, 0.4) is 0 Å². The molecule has 0 aliphatic rings. The van der Waals surface area contributed by atoms with E-state index < -0.39 is 17.5 Å². The predicted molar refractivity (Wildman–Crippen MR) is 82.5 cm³/mol. The molecule has 122 valence electrons. The van der Waals surface area contributed by atoms with Gasteiger partial charge < -0.3 is 9.73 Å². The van der Waals surface area contributed by atoms with Gasteiger partial charge in [-0.1, -0.05) is 30.3 Å². The Hall–Kier alpha value is -3.09. The van der Waals surface area contributed by atoms with Gasteiger partial charge in [0.05, 0.1) is 0 Å². The van der Waals surface area contributed by atoms with Gasteiger partial charge in [0, 0.05) is 18.2 Å². The zero-order valence-corrected chi connectivity index (χ0v) is 12.5. The summed E-state index contributed by atoms with van der Waals surface area (Å²) in [5.41, 5.74) is 1.21. The maximum Gasteiger partial charge on any atom is 0.313 e. The van der Waals surface area contributed by atoms with Crippen LogP contribution in [0.1, 0.15) is 22.1 Å². The van der Waals surface area contributed by atoms with E-state index in [9.17, 15) is 13.6 Å². The number of amides is 1. The summed E-state index contributed by atoms with van der Waals surface area (Å²) in [6.45, 7) is 0. The Bertz CT molecular complexity index is 850. The van der Waals surface area contributed by atoms with Crippen LogP contribution in [0.2, 0.25) is 0 Å². The first kappa shape index (κ1) is 15.8. The van der Waals surface area contributed by atoms with Crippen molar-refractivity contribution in [3.8, 4) is 0 Å². The predicted octanol–water partition coefficient (Wildman–Crippen LogP) is 3.39. The SMILES string of the molecule is O=C(Nc1ccc(F)c(F)c1)c1nnc(CCc2ccccc2)o1. The molecular formula is C17H13F2N3O2. The number of halogens is 2. The van der Waals surface area contributed by atoms with E-state index in [-0.39, 0.29) is 11.6 Å². The third kappa shape index (κ3) is 3.81. The van der Waals surface area contributed by atoms with Crippen molar-refractivity contribution in [2.75, 3.05) is 5.32 Å². The van der Waals surface area contributed by atoms with Crippen LogP contribution in [0.4, 0.5) is 14.5 Å². The van der Waals surface area contributed by atoms with Crippen LogP contribution < -0.4 is 5.32 Å². The van der Waals surface area contributed by atoms with Crippen LogP contribution in [0.25, 0.3) is 0 Å². The molecule has 0 fully saturated rings. The van der Waals surface area contributed by atoms with Crippen LogP contribution in [0.5, 0.6) is 0 Å².